The van der Waals surface area contributed by atoms with Gasteiger partial charge in [-0.1, -0.05) is 20.8 Å². The van der Waals surface area contributed by atoms with E-state index in [1.807, 2.05) is 0 Å². The van der Waals surface area contributed by atoms with Crippen LogP contribution in [-0.4, -0.2) is 12.5 Å². The van der Waals surface area contributed by atoms with Gasteiger partial charge in [0.2, 0.25) is 6.41 Å². The highest BCUT2D eigenvalue weighted by atomic mass is 16.1. The van der Waals surface area contributed by atoms with Gasteiger partial charge in [0.15, 0.2) is 0 Å². The van der Waals surface area contributed by atoms with E-state index < -0.39 is 0 Å². The summed E-state index contributed by atoms with van der Waals surface area (Å²) in [6.07, 6.45) is 4.47. The molecule has 2 nitrogen and oxygen atoms in total. The quantitative estimate of drug-likeness (QED) is 0.629. The van der Waals surface area contributed by atoms with Crippen molar-refractivity contribution in [1.82, 2.24) is 5.32 Å². The number of carbonyl (C=O) groups is 1. The van der Waals surface area contributed by atoms with Crippen LogP contribution in [0.3, 0.4) is 0 Å². The van der Waals surface area contributed by atoms with E-state index in [0.29, 0.717) is 17.4 Å². The highest BCUT2D eigenvalue weighted by Gasteiger charge is 2.31. The van der Waals surface area contributed by atoms with Crippen molar-refractivity contribution in [2.75, 3.05) is 0 Å². The molecule has 1 amide bonds. The molecule has 2 atom stereocenters. The van der Waals surface area contributed by atoms with E-state index >= 15 is 0 Å². The lowest BCUT2D eigenvalue weighted by Crippen LogP contribution is -2.41. The second-order valence-electron chi connectivity index (χ2n) is 4.78. The van der Waals surface area contributed by atoms with E-state index in [1.165, 1.54) is 12.8 Å². The maximum absolute atomic E-state index is 10.3. The van der Waals surface area contributed by atoms with Crippen molar-refractivity contribution in [3.63, 3.8) is 0 Å². The second-order valence-corrected chi connectivity index (χ2v) is 4.78. The molecule has 1 N–H and O–H groups in total. The van der Waals surface area contributed by atoms with Crippen molar-refractivity contribution in [1.29, 1.82) is 0 Å². The maximum atomic E-state index is 10.3. The second kappa shape index (κ2) is 3.46. The van der Waals surface area contributed by atoms with Crippen LogP contribution in [0.5, 0.6) is 0 Å². The molecule has 0 bridgehead atoms. The molecule has 1 fully saturated rings. The van der Waals surface area contributed by atoms with Crippen LogP contribution in [-0.2, 0) is 4.79 Å². The fourth-order valence-electron chi connectivity index (χ4n) is 2.03. The molecule has 12 heavy (non-hydrogen) atoms. The summed E-state index contributed by atoms with van der Waals surface area (Å²) < 4.78 is 0. The van der Waals surface area contributed by atoms with Crippen LogP contribution in [0.2, 0.25) is 0 Å². The van der Waals surface area contributed by atoms with Gasteiger partial charge in [0.05, 0.1) is 0 Å². The summed E-state index contributed by atoms with van der Waals surface area (Å²) in [6.45, 7) is 6.77. The fourth-order valence-corrected chi connectivity index (χ4v) is 2.03. The Morgan fingerprint density at radius 1 is 1.50 bits per heavy atom. The van der Waals surface area contributed by atoms with Gasteiger partial charge in [-0.2, -0.15) is 0 Å². The van der Waals surface area contributed by atoms with Crippen LogP contribution < -0.4 is 5.32 Å². The van der Waals surface area contributed by atoms with Gasteiger partial charge >= 0.3 is 0 Å². The minimum absolute atomic E-state index is 0.395. The first-order valence-electron chi connectivity index (χ1n) is 4.75. The highest BCUT2D eigenvalue weighted by Crippen LogP contribution is 2.37. The van der Waals surface area contributed by atoms with Crippen LogP contribution in [0.15, 0.2) is 0 Å². The predicted molar refractivity (Wildman–Crippen MR) is 49.8 cm³/mol. The van der Waals surface area contributed by atoms with E-state index in [9.17, 15) is 4.79 Å². The van der Waals surface area contributed by atoms with E-state index in [4.69, 9.17) is 0 Å². The summed E-state index contributed by atoms with van der Waals surface area (Å²) in [7, 11) is 0. The number of nitrogens with one attached hydrogen (secondary N) is 1. The van der Waals surface area contributed by atoms with Gasteiger partial charge in [-0.05, 0) is 30.6 Å². The van der Waals surface area contributed by atoms with Crippen molar-refractivity contribution >= 4 is 6.41 Å². The lowest BCUT2D eigenvalue weighted by molar-refractivity contribution is -0.110. The van der Waals surface area contributed by atoms with Crippen molar-refractivity contribution in [2.45, 2.75) is 46.1 Å². The van der Waals surface area contributed by atoms with Gasteiger partial charge in [0.1, 0.15) is 0 Å². The third-order valence-corrected chi connectivity index (χ3v) is 3.02. The molecule has 70 valence electrons. The molecule has 0 aromatic rings. The molecule has 0 radical (unpaired) electrons. The largest absolute Gasteiger partial charge is 0.356 e. The third-order valence-electron chi connectivity index (χ3n) is 3.02. The summed E-state index contributed by atoms with van der Waals surface area (Å²) in [5.41, 5.74) is 0.410. The minimum atomic E-state index is 0.395. The first-order valence-corrected chi connectivity index (χ1v) is 4.75. The molecule has 0 aromatic carbocycles. The minimum Gasteiger partial charge on any atom is -0.356 e. The van der Waals surface area contributed by atoms with Gasteiger partial charge in [0, 0.05) is 6.04 Å². The number of carbonyl (C=O) groups excluding carboxylic acids is 1. The van der Waals surface area contributed by atoms with Gasteiger partial charge < -0.3 is 5.32 Å². The van der Waals surface area contributed by atoms with Crippen LogP contribution in [0.4, 0.5) is 0 Å². The van der Waals surface area contributed by atoms with E-state index in [2.05, 4.69) is 26.1 Å². The molecule has 2 heteroatoms. The number of amides is 1. The molecular formula is C10H19NO. The summed E-state index contributed by atoms with van der Waals surface area (Å²) >= 11 is 0. The van der Waals surface area contributed by atoms with Crippen LogP contribution in [0.25, 0.3) is 0 Å². The van der Waals surface area contributed by atoms with Crippen molar-refractivity contribution in [3.05, 3.63) is 0 Å². The van der Waals surface area contributed by atoms with Crippen LogP contribution >= 0.6 is 0 Å². The Morgan fingerprint density at radius 2 is 2.17 bits per heavy atom. The fraction of sp³-hybridized carbons (Fsp3) is 0.900. The molecule has 1 rings (SSSR count). The smallest absolute Gasteiger partial charge is 0.207 e. The van der Waals surface area contributed by atoms with Crippen LogP contribution in [0.1, 0.15) is 40.0 Å². The lowest BCUT2D eigenvalue weighted by atomic mass is 9.71. The summed E-state index contributed by atoms with van der Waals surface area (Å²) in [4.78, 5) is 10.3. The van der Waals surface area contributed by atoms with Crippen molar-refractivity contribution in [2.24, 2.45) is 11.3 Å². The first kappa shape index (κ1) is 9.56. The normalized spacial score (nSPS) is 34.2. The molecule has 1 aliphatic carbocycles. The first-order chi connectivity index (χ1) is 5.55. The molecule has 0 spiro atoms. The number of hydrogen-bond donors (Lipinski definition) is 1. The Bertz CT molecular complexity index is 165. The third kappa shape index (κ3) is 2.23. The average Bonchev–Trinajstić information content (AvgIpc) is 1.97. The highest BCUT2D eigenvalue weighted by molar-refractivity contribution is 5.46. The molecule has 0 aromatic heterocycles. The average molecular weight is 169 g/mol. The Hall–Kier alpha value is -0.530. The molecule has 0 saturated heterocycles. The maximum Gasteiger partial charge on any atom is 0.207 e. The lowest BCUT2D eigenvalue weighted by Gasteiger charge is -2.39. The van der Waals surface area contributed by atoms with E-state index in [1.54, 1.807) is 0 Å². The molecule has 0 heterocycles. The zero-order valence-corrected chi connectivity index (χ0v) is 8.26. The van der Waals surface area contributed by atoms with Crippen molar-refractivity contribution in [3.8, 4) is 0 Å². The van der Waals surface area contributed by atoms with Gasteiger partial charge in [0.25, 0.3) is 0 Å². The molecule has 1 aliphatic rings. The molecular weight excluding hydrogens is 150 g/mol. The Labute approximate surface area is 74.7 Å². The van der Waals surface area contributed by atoms with Gasteiger partial charge in [-0.3, -0.25) is 4.79 Å². The summed E-state index contributed by atoms with van der Waals surface area (Å²) in [5, 5.41) is 2.91. The topological polar surface area (TPSA) is 29.1 Å². The SMILES string of the molecule is CC1CCC(C)(C)CC1NC=O. The predicted octanol–water partition coefficient (Wildman–Crippen LogP) is 1.95. The Kier molecular flexibility index (Phi) is 2.76. The monoisotopic (exact) mass is 169 g/mol. The Morgan fingerprint density at radius 3 is 2.75 bits per heavy atom. The van der Waals surface area contributed by atoms with Gasteiger partial charge in [-0.25, -0.2) is 0 Å². The summed E-state index contributed by atoms with van der Waals surface area (Å²) in [6, 6.07) is 0.395. The standard InChI is InChI=1S/C10H19NO/c1-8-4-5-10(2,3)6-9(8)11-7-12/h7-9H,4-6H2,1-3H3,(H,11,12). The molecule has 2 unspecified atom stereocenters. The number of rotatable bonds is 2. The van der Waals surface area contributed by atoms with E-state index in [-0.39, 0.29) is 0 Å². The number of hydrogen-bond acceptors (Lipinski definition) is 1. The van der Waals surface area contributed by atoms with Gasteiger partial charge in [-0.15, -0.1) is 0 Å². The zero-order valence-electron chi connectivity index (χ0n) is 8.26. The van der Waals surface area contributed by atoms with Crippen molar-refractivity contribution < 1.29 is 4.79 Å². The van der Waals surface area contributed by atoms with E-state index in [0.717, 1.165) is 12.8 Å². The molecule has 1 saturated carbocycles. The Balaban J connectivity index is 2.53. The summed E-state index contributed by atoms with van der Waals surface area (Å²) in [5.74, 6) is 0.642. The zero-order chi connectivity index (χ0) is 9.19. The van der Waals surface area contributed by atoms with Crippen LogP contribution in [0, 0.1) is 11.3 Å². The molecule has 0 aliphatic heterocycles.